The minimum Gasteiger partial charge on any atom is -0.497 e. The number of piperidine rings is 1. The van der Waals surface area contributed by atoms with Crippen molar-refractivity contribution in [2.24, 2.45) is 5.92 Å². The van der Waals surface area contributed by atoms with E-state index in [2.05, 4.69) is 17.0 Å². The van der Waals surface area contributed by atoms with Gasteiger partial charge in [0.1, 0.15) is 5.75 Å². The predicted molar refractivity (Wildman–Crippen MR) is 85.7 cm³/mol. The number of hydrogen-bond acceptors (Lipinski definition) is 4. The second-order valence-electron chi connectivity index (χ2n) is 5.33. The number of ether oxygens (including phenoxy) is 1. The van der Waals surface area contributed by atoms with E-state index in [9.17, 15) is 8.42 Å². The van der Waals surface area contributed by atoms with E-state index in [1.165, 1.54) is 0 Å². The van der Waals surface area contributed by atoms with Crippen LogP contribution in [-0.2, 0) is 10.0 Å². The van der Waals surface area contributed by atoms with Crippen molar-refractivity contribution in [2.75, 3.05) is 20.2 Å². The lowest BCUT2D eigenvalue weighted by Crippen LogP contribution is -2.50. The van der Waals surface area contributed by atoms with Gasteiger partial charge in [0.05, 0.1) is 12.0 Å². The number of sulfonamides is 1. The monoisotopic (exact) mass is 334 g/mol. The normalized spacial score (nSPS) is 22.4. The van der Waals surface area contributed by atoms with E-state index in [1.54, 1.807) is 32.2 Å². The van der Waals surface area contributed by atoms with Crippen LogP contribution in [0.25, 0.3) is 0 Å². The second-order valence-corrected chi connectivity index (χ2v) is 7.01. The topological polar surface area (TPSA) is 67.4 Å². The van der Waals surface area contributed by atoms with Gasteiger partial charge in [-0.3, -0.25) is 0 Å². The molecule has 1 heterocycles. The van der Waals surface area contributed by atoms with Crippen LogP contribution >= 0.6 is 12.4 Å². The molecule has 2 N–H and O–H groups in total. The van der Waals surface area contributed by atoms with Crippen molar-refractivity contribution in [3.8, 4) is 5.75 Å². The molecule has 1 fully saturated rings. The molecule has 0 saturated carbocycles. The van der Waals surface area contributed by atoms with Crippen molar-refractivity contribution in [3.05, 3.63) is 23.8 Å². The van der Waals surface area contributed by atoms with Crippen LogP contribution in [0.1, 0.15) is 18.9 Å². The molecular formula is C14H23ClN2O3S. The SMILES string of the molecule is COc1ccc(S(=O)(=O)NC2CNCCC2C)c(C)c1.Cl. The fourth-order valence-corrected chi connectivity index (χ4v) is 4.03. The molecule has 0 bridgehead atoms. The minimum absolute atomic E-state index is 0. The van der Waals surface area contributed by atoms with Crippen LogP contribution in [0.5, 0.6) is 5.75 Å². The molecule has 1 saturated heterocycles. The number of hydrogen-bond donors (Lipinski definition) is 2. The van der Waals surface area contributed by atoms with Crippen molar-refractivity contribution >= 4 is 22.4 Å². The summed E-state index contributed by atoms with van der Waals surface area (Å²) in [5.74, 6) is 0.999. The Hall–Kier alpha value is -0.820. The summed E-state index contributed by atoms with van der Waals surface area (Å²) in [6, 6.07) is 4.94. The van der Waals surface area contributed by atoms with Crippen molar-refractivity contribution in [2.45, 2.75) is 31.2 Å². The van der Waals surface area contributed by atoms with Gasteiger partial charge in [-0.25, -0.2) is 13.1 Å². The van der Waals surface area contributed by atoms with Gasteiger partial charge in [0.25, 0.3) is 0 Å². The molecule has 2 unspecified atom stereocenters. The lowest BCUT2D eigenvalue weighted by molar-refractivity contribution is 0.327. The Balaban J connectivity index is 0.00000220. The maximum Gasteiger partial charge on any atom is 0.241 e. The molecule has 7 heteroatoms. The molecule has 1 aromatic rings. The molecule has 1 aliphatic rings. The van der Waals surface area contributed by atoms with Crippen LogP contribution in [0.15, 0.2) is 23.1 Å². The summed E-state index contributed by atoms with van der Waals surface area (Å²) in [4.78, 5) is 0.316. The smallest absolute Gasteiger partial charge is 0.241 e. The first-order chi connectivity index (χ1) is 9.44. The van der Waals surface area contributed by atoms with E-state index in [0.717, 1.165) is 13.0 Å². The average molecular weight is 335 g/mol. The summed E-state index contributed by atoms with van der Waals surface area (Å²) in [6.45, 7) is 5.48. The molecule has 0 aliphatic carbocycles. The van der Waals surface area contributed by atoms with Gasteiger partial charge < -0.3 is 10.1 Å². The highest BCUT2D eigenvalue weighted by Gasteiger charge is 2.27. The van der Waals surface area contributed by atoms with E-state index in [0.29, 0.717) is 28.7 Å². The molecule has 2 atom stereocenters. The van der Waals surface area contributed by atoms with Crippen LogP contribution in [0.4, 0.5) is 0 Å². The first-order valence-corrected chi connectivity index (χ1v) is 8.30. The molecule has 2 rings (SSSR count). The van der Waals surface area contributed by atoms with E-state index < -0.39 is 10.0 Å². The summed E-state index contributed by atoms with van der Waals surface area (Å²) in [6.07, 6.45) is 0.981. The first kappa shape index (κ1) is 18.2. The molecule has 1 aliphatic heterocycles. The van der Waals surface area contributed by atoms with Gasteiger partial charge in [0.15, 0.2) is 0 Å². The number of methoxy groups -OCH3 is 1. The quantitative estimate of drug-likeness (QED) is 0.879. The zero-order chi connectivity index (χ0) is 14.8. The third-order valence-corrected chi connectivity index (χ3v) is 5.46. The minimum atomic E-state index is -3.49. The Bertz CT molecular complexity index is 578. The van der Waals surface area contributed by atoms with Crippen molar-refractivity contribution < 1.29 is 13.2 Å². The molecule has 0 amide bonds. The Morgan fingerprint density at radius 1 is 1.38 bits per heavy atom. The Kier molecular flexibility index (Phi) is 6.46. The molecular weight excluding hydrogens is 312 g/mol. The molecule has 120 valence electrons. The maximum absolute atomic E-state index is 12.5. The molecule has 0 spiro atoms. The summed E-state index contributed by atoms with van der Waals surface area (Å²) in [5.41, 5.74) is 0.688. The van der Waals surface area contributed by atoms with Gasteiger partial charge in [-0.1, -0.05) is 6.92 Å². The number of rotatable bonds is 4. The summed E-state index contributed by atoms with van der Waals surface area (Å²) in [5, 5.41) is 3.23. The zero-order valence-electron chi connectivity index (χ0n) is 12.5. The second kappa shape index (κ2) is 7.45. The molecule has 1 aromatic carbocycles. The molecule has 0 radical (unpaired) electrons. The fraction of sp³-hybridized carbons (Fsp3) is 0.571. The Labute approximate surface area is 132 Å². The first-order valence-electron chi connectivity index (χ1n) is 6.81. The third-order valence-electron chi connectivity index (χ3n) is 3.81. The van der Waals surface area contributed by atoms with Crippen molar-refractivity contribution in [3.63, 3.8) is 0 Å². The van der Waals surface area contributed by atoms with Crippen LogP contribution in [0.2, 0.25) is 0 Å². The predicted octanol–water partition coefficient (Wildman–Crippen LogP) is 1.70. The van der Waals surface area contributed by atoms with E-state index >= 15 is 0 Å². The zero-order valence-corrected chi connectivity index (χ0v) is 14.2. The fourth-order valence-electron chi connectivity index (χ4n) is 2.46. The highest BCUT2D eigenvalue weighted by molar-refractivity contribution is 7.89. The van der Waals surface area contributed by atoms with E-state index in [1.807, 2.05) is 0 Å². The lowest BCUT2D eigenvalue weighted by Gasteiger charge is -2.30. The summed E-state index contributed by atoms with van der Waals surface area (Å²) >= 11 is 0. The highest BCUT2D eigenvalue weighted by atomic mass is 35.5. The molecule has 5 nitrogen and oxygen atoms in total. The van der Waals surface area contributed by atoms with Crippen LogP contribution in [0, 0.1) is 12.8 Å². The number of halogens is 1. The molecule has 0 aromatic heterocycles. The van der Waals surface area contributed by atoms with Crippen LogP contribution in [0.3, 0.4) is 0 Å². The molecule has 21 heavy (non-hydrogen) atoms. The van der Waals surface area contributed by atoms with E-state index in [4.69, 9.17) is 4.74 Å². The van der Waals surface area contributed by atoms with Gasteiger partial charge in [0, 0.05) is 12.6 Å². The number of nitrogens with one attached hydrogen (secondary N) is 2. The van der Waals surface area contributed by atoms with Crippen LogP contribution in [-0.4, -0.2) is 34.7 Å². The Morgan fingerprint density at radius 2 is 2.10 bits per heavy atom. The van der Waals surface area contributed by atoms with Gasteiger partial charge in [-0.2, -0.15) is 0 Å². The highest BCUT2D eigenvalue weighted by Crippen LogP contribution is 2.22. The number of aryl methyl sites for hydroxylation is 1. The van der Waals surface area contributed by atoms with Gasteiger partial charge in [-0.15, -0.1) is 12.4 Å². The summed E-state index contributed by atoms with van der Waals surface area (Å²) in [7, 11) is -1.93. The third kappa shape index (κ3) is 4.32. The maximum atomic E-state index is 12.5. The van der Waals surface area contributed by atoms with Gasteiger partial charge in [0.2, 0.25) is 10.0 Å². The van der Waals surface area contributed by atoms with Crippen LogP contribution < -0.4 is 14.8 Å². The largest absolute Gasteiger partial charge is 0.497 e. The van der Waals surface area contributed by atoms with Gasteiger partial charge >= 0.3 is 0 Å². The van der Waals surface area contributed by atoms with Crippen molar-refractivity contribution in [1.82, 2.24) is 10.0 Å². The van der Waals surface area contributed by atoms with Crippen molar-refractivity contribution in [1.29, 1.82) is 0 Å². The lowest BCUT2D eigenvalue weighted by atomic mass is 9.96. The Morgan fingerprint density at radius 3 is 2.67 bits per heavy atom. The summed E-state index contributed by atoms with van der Waals surface area (Å²) < 4.78 is 32.9. The van der Waals surface area contributed by atoms with E-state index in [-0.39, 0.29) is 18.4 Å². The standard InChI is InChI=1S/C14H22N2O3S.ClH/c1-10-6-7-15-9-13(10)16-20(17,18)14-5-4-12(19-3)8-11(14)2;/h4-5,8,10,13,15-16H,6-7,9H2,1-3H3;1H. The van der Waals surface area contributed by atoms with Gasteiger partial charge in [-0.05, 0) is 49.6 Å². The number of benzene rings is 1. The average Bonchev–Trinajstić information content (AvgIpc) is 2.40.